The average molecular weight is 257 g/mol. The van der Waals surface area contributed by atoms with Crippen molar-refractivity contribution < 1.29 is 18.5 Å². The van der Waals surface area contributed by atoms with Crippen molar-refractivity contribution in [2.24, 2.45) is 0 Å². The molecule has 0 amide bonds. The normalized spacial score (nSPS) is 17.1. The number of aromatic carboxylic acids is 1. The fourth-order valence-electron chi connectivity index (χ4n) is 1.83. The highest BCUT2D eigenvalue weighted by Crippen LogP contribution is 2.23. The molecule has 1 aliphatic rings. The van der Waals surface area contributed by atoms with E-state index >= 15 is 0 Å². The standard InChI is InChI=1S/C11H12FNO3S/c12-8-1-2-10(9(7-8)11(14)15)13-3-5-17(16)6-4-13/h1-2,7H,3-6H2,(H,14,15). The highest BCUT2D eigenvalue weighted by Gasteiger charge is 2.20. The lowest BCUT2D eigenvalue weighted by Crippen LogP contribution is -2.38. The van der Waals surface area contributed by atoms with Crippen LogP contribution in [0.15, 0.2) is 18.2 Å². The SMILES string of the molecule is O=C(O)c1cc(F)ccc1N1CCS(=O)CC1. The molecule has 0 atom stereocenters. The Hall–Kier alpha value is -1.43. The Labute approximate surface area is 101 Å². The van der Waals surface area contributed by atoms with E-state index in [1.54, 1.807) is 0 Å². The molecule has 0 aliphatic carbocycles. The topological polar surface area (TPSA) is 57.6 Å². The molecule has 4 nitrogen and oxygen atoms in total. The predicted molar refractivity (Wildman–Crippen MR) is 63.4 cm³/mol. The summed E-state index contributed by atoms with van der Waals surface area (Å²) in [4.78, 5) is 12.9. The van der Waals surface area contributed by atoms with Crippen molar-refractivity contribution in [1.29, 1.82) is 0 Å². The lowest BCUT2D eigenvalue weighted by molar-refractivity contribution is 0.0697. The number of hydrogen-bond donors (Lipinski definition) is 1. The molecule has 1 N–H and O–H groups in total. The smallest absolute Gasteiger partial charge is 0.337 e. The number of carboxylic acids is 1. The van der Waals surface area contributed by atoms with E-state index in [1.165, 1.54) is 12.1 Å². The molecule has 0 unspecified atom stereocenters. The minimum atomic E-state index is -1.15. The fourth-order valence-corrected chi connectivity index (χ4v) is 2.89. The highest BCUT2D eigenvalue weighted by molar-refractivity contribution is 7.85. The molecule has 92 valence electrons. The maximum Gasteiger partial charge on any atom is 0.337 e. The van der Waals surface area contributed by atoms with Gasteiger partial charge in [-0.2, -0.15) is 0 Å². The average Bonchev–Trinajstić information content (AvgIpc) is 2.30. The van der Waals surface area contributed by atoms with Crippen LogP contribution in [0, 0.1) is 5.82 Å². The quantitative estimate of drug-likeness (QED) is 0.861. The molecule has 17 heavy (non-hydrogen) atoms. The van der Waals surface area contributed by atoms with Gasteiger partial charge in [-0.3, -0.25) is 4.21 Å². The first-order valence-electron chi connectivity index (χ1n) is 5.20. The van der Waals surface area contributed by atoms with Gasteiger partial charge in [-0.25, -0.2) is 9.18 Å². The summed E-state index contributed by atoms with van der Waals surface area (Å²) in [6.45, 7) is 1.08. The number of carbonyl (C=O) groups is 1. The summed E-state index contributed by atoms with van der Waals surface area (Å²) in [7, 11) is -0.820. The van der Waals surface area contributed by atoms with Gasteiger partial charge >= 0.3 is 5.97 Å². The zero-order chi connectivity index (χ0) is 12.4. The van der Waals surface area contributed by atoms with Crippen molar-refractivity contribution >= 4 is 22.5 Å². The van der Waals surface area contributed by atoms with Crippen LogP contribution in [0.4, 0.5) is 10.1 Å². The van der Waals surface area contributed by atoms with Crippen molar-refractivity contribution in [3.8, 4) is 0 Å². The zero-order valence-corrected chi connectivity index (χ0v) is 9.87. The van der Waals surface area contributed by atoms with Crippen LogP contribution in [-0.4, -0.2) is 39.9 Å². The Morgan fingerprint density at radius 2 is 2.00 bits per heavy atom. The van der Waals surface area contributed by atoms with Gasteiger partial charge in [-0.05, 0) is 18.2 Å². The van der Waals surface area contributed by atoms with Crippen LogP contribution in [0.1, 0.15) is 10.4 Å². The Morgan fingerprint density at radius 3 is 2.59 bits per heavy atom. The van der Waals surface area contributed by atoms with Crippen molar-refractivity contribution in [2.75, 3.05) is 29.5 Å². The predicted octanol–water partition coefficient (Wildman–Crippen LogP) is 1.09. The first-order chi connectivity index (χ1) is 8.08. The van der Waals surface area contributed by atoms with E-state index in [1.807, 2.05) is 4.90 Å². The Balaban J connectivity index is 2.31. The van der Waals surface area contributed by atoms with Crippen LogP contribution in [0.3, 0.4) is 0 Å². The van der Waals surface area contributed by atoms with Gasteiger partial charge in [0.15, 0.2) is 0 Å². The second-order valence-electron chi connectivity index (χ2n) is 3.80. The van der Waals surface area contributed by atoms with Crippen LogP contribution in [0.5, 0.6) is 0 Å². The second kappa shape index (κ2) is 4.83. The number of hydrogen-bond acceptors (Lipinski definition) is 3. The summed E-state index contributed by atoms with van der Waals surface area (Å²) in [5, 5.41) is 9.02. The lowest BCUT2D eigenvalue weighted by Gasteiger charge is -2.29. The molecule has 1 saturated heterocycles. The molecule has 2 rings (SSSR count). The fraction of sp³-hybridized carbons (Fsp3) is 0.364. The molecule has 1 fully saturated rings. The van der Waals surface area contributed by atoms with Gasteiger partial charge in [0.1, 0.15) is 5.82 Å². The van der Waals surface area contributed by atoms with Gasteiger partial charge in [-0.15, -0.1) is 0 Å². The van der Waals surface area contributed by atoms with Gasteiger partial charge in [-0.1, -0.05) is 0 Å². The zero-order valence-electron chi connectivity index (χ0n) is 9.06. The van der Waals surface area contributed by atoms with Gasteiger partial charge in [0, 0.05) is 35.4 Å². The third kappa shape index (κ3) is 2.63. The maximum atomic E-state index is 13.0. The van der Waals surface area contributed by atoms with Gasteiger partial charge in [0.25, 0.3) is 0 Å². The molecule has 1 heterocycles. The van der Waals surface area contributed by atoms with E-state index in [9.17, 15) is 13.4 Å². The molecule has 0 radical (unpaired) electrons. The van der Waals surface area contributed by atoms with E-state index in [2.05, 4.69) is 0 Å². The summed E-state index contributed by atoms with van der Waals surface area (Å²) in [5.74, 6) is -0.662. The van der Waals surface area contributed by atoms with Crippen molar-refractivity contribution in [3.63, 3.8) is 0 Å². The van der Waals surface area contributed by atoms with Crippen LogP contribution in [0.2, 0.25) is 0 Å². The molecule has 0 spiro atoms. The van der Waals surface area contributed by atoms with Crippen LogP contribution < -0.4 is 4.90 Å². The molecule has 1 aliphatic heterocycles. The molecular formula is C11H12FNO3S. The summed E-state index contributed by atoms with van der Waals surface area (Å²) in [6, 6.07) is 3.73. The van der Waals surface area contributed by atoms with Crippen molar-refractivity contribution in [1.82, 2.24) is 0 Å². The number of anilines is 1. The van der Waals surface area contributed by atoms with Crippen molar-refractivity contribution in [3.05, 3.63) is 29.6 Å². The molecule has 0 bridgehead atoms. The lowest BCUT2D eigenvalue weighted by atomic mass is 10.1. The number of benzene rings is 1. The highest BCUT2D eigenvalue weighted by atomic mass is 32.2. The monoisotopic (exact) mass is 257 g/mol. The van der Waals surface area contributed by atoms with Crippen LogP contribution in [-0.2, 0) is 10.8 Å². The Morgan fingerprint density at radius 1 is 1.35 bits per heavy atom. The summed E-state index contributed by atoms with van der Waals surface area (Å²) >= 11 is 0. The largest absolute Gasteiger partial charge is 0.478 e. The minimum Gasteiger partial charge on any atom is -0.478 e. The number of rotatable bonds is 2. The molecule has 0 saturated carbocycles. The third-order valence-corrected chi connectivity index (χ3v) is 3.98. The van der Waals surface area contributed by atoms with E-state index in [0.717, 1.165) is 6.07 Å². The molecule has 1 aromatic carbocycles. The third-order valence-electron chi connectivity index (χ3n) is 2.71. The molecule has 1 aromatic rings. The summed E-state index contributed by atoms with van der Waals surface area (Å²) < 4.78 is 24.2. The molecule has 6 heteroatoms. The van der Waals surface area contributed by atoms with E-state index in [-0.39, 0.29) is 5.56 Å². The number of carboxylic acid groups (broad SMARTS) is 1. The number of nitrogens with zero attached hydrogens (tertiary/aromatic N) is 1. The van der Waals surface area contributed by atoms with Gasteiger partial charge in [0.05, 0.1) is 11.3 Å². The van der Waals surface area contributed by atoms with E-state index in [4.69, 9.17) is 5.11 Å². The molecular weight excluding hydrogens is 245 g/mol. The Bertz CT molecular complexity index is 468. The van der Waals surface area contributed by atoms with Crippen molar-refractivity contribution in [2.45, 2.75) is 0 Å². The summed E-state index contributed by atoms with van der Waals surface area (Å²) in [5.41, 5.74) is 0.452. The molecule has 0 aromatic heterocycles. The van der Waals surface area contributed by atoms with Crippen LogP contribution >= 0.6 is 0 Å². The first kappa shape index (κ1) is 12.0. The number of halogens is 1. The van der Waals surface area contributed by atoms with Gasteiger partial charge in [0.2, 0.25) is 0 Å². The van der Waals surface area contributed by atoms with E-state index < -0.39 is 22.6 Å². The minimum absolute atomic E-state index is 0.0438. The second-order valence-corrected chi connectivity index (χ2v) is 5.50. The van der Waals surface area contributed by atoms with Gasteiger partial charge < -0.3 is 10.0 Å². The van der Waals surface area contributed by atoms with Crippen LogP contribution in [0.25, 0.3) is 0 Å². The Kier molecular flexibility index (Phi) is 3.42. The summed E-state index contributed by atoms with van der Waals surface area (Å²) in [6.07, 6.45) is 0. The first-order valence-corrected chi connectivity index (χ1v) is 6.69. The maximum absolute atomic E-state index is 13.0. The van der Waals surface area contributed by atoms with E-state index in [0.29, 0.717) is 30.3 Å².